The van der Waals surface area contributed by atoms with Gasteiger partial charge in [0.25, 0.3) is 5.56 Å². The number of nitrogens with zero attached hydrogens (tertiary/aromatic N) is 1. The van der Waals surface area contributed by atoms with Crippen LogP contribution >= 0.6 is 12.2 Å². The van der Waals surface area contributed by atoms with E-state index in [1.807, 2.05) is 6.92 Å². The lowest BCUT2D eigenvalue weighted by molar-refractivity contribution is 0.302. The number of rotatable bonds is 7. The van der Waals surface area contributed by atoms with Crippen LogP contribution < -0.4 is 16.0 Å². The molecule has 4 nitrogen and oxygen atoms in total. The lowest BCUT2D eigenvalue weighted by Crippen LogP contribution is -2.29. The van der Waals surface area contributed by atoms with E-state index < -0.39 is 0 Å². The molecule has 1 atom stereocenters. The molecule has 0 aromatic carbocycles. The Morgan fingerprint density at radius 3 is 2.94 bits per heavy atom. The third-order valence-electron chi connectivity index (χ3n) is 2.70. The SMILES string of the molecule is CCCCOc1cccn(CC(C)C(N)=S)c1=O. The van der Waals surface area contributed by atoms with E-state index in [4.69, 9.17) is 22.7 Å². The summed E-state index contributed by atoms with van der Waals surface area (Å²) in [4.78, 5) is 12.5. The van der Waals surface area contributed by atoms with Crippen LogP contribution in [0.2, 0.25) is 0 Å². The number of pyridine rings is 1. The van der Waals surface area contributed by atoms with Gasteiger partial charge in [-0.25, -0.2) is 0 Å². The number of nitrogens with two attached hydrogens (primary N) is 1. The molecule has 1 unspecified atom stereocenters. The zero-order chi connectivity index (χ0) is 13.5. The number of unbranched alkanes of at least 4 members (excludes halogenated alkanes) is 1. The highest BCUT2D eigenvalue weighted by Crippen LogP contribution is 2.05. The molecule has 1 aromatic rings. The summed E-state index contributed by atoms with van der Waals surface area (Å²) in [7, 11) is 0. The summed E-state index contributed by atoms with van der Waals surface area (Å²) < 4.78 is 7.05. The summed E-state index contributed by atoms with van der Waals surface area (Å²) in [5, 5.41) is 0. The van der Waals surface area contributed by atoms with Crippen LogP contribution in [0, 0.1) is 5.92 Å². The number of hydrogen-bond donors (Lipinski definition) is 1. The highest BCUT2D eigenvalue weighted by Gasteiger charge is 2.09. The van der Waals surface area contributed by atoms with Crippen molar-refractivity contribution in [2.75, 3.05) is 6.61 Å². The standard InChI is InChI=1S/C13H20N2O2S/c1-3-4-8-17-11-6-5-7-15(13(11)16)9-10(2)12(14)18/h5-7,10H,3-4,8-9H2,1-2H3,(H2,14,18). The van der Waals surface area contributed by atoms with Gasteiger partial charge in [-0.2, -0.15) is 0 Å². The number of aromatic nitrogens is 1. The first kappa shape index (κ1) is 14.7. The lowest BCUT2D eigenvalue weighted by atomic mass is 10.2. The van der Waals surface area contributed by atoms with E-state index in [0.29, 0.717) is 23.9 Å². The van der Waals surface area contributed by atoms with Gasteiger partial charge in [-0.3, -0.25) is 4.79 Å². The lowest BCUT2D eigenvalue weighted by Gasteiger charge is -2.13. The first-order valence-corrected chi connectivity index (χ1v) is 6.58. The maximum absolute atomic E-state index is 12.1. The molecule has 0 bridgehead atoms. The average molecular weight is 268 g/mol. The fourth-order valence-electron chi connectivity index (χ4n) is 1.48. The van der Waals surface area contributed by atoms with Crippen molar-refractivity contribution in [3.8, 4) is 5.75 Å². The normalized spacial score (nSPS) is 12.1. The van der Waals surface area contributed by atoms with Gasteiger partial charge in [-0.1, -0.05) is 32.5 Å². The Hall–Kier alpha value is -1.36. The first-order chi connectivity index (χ1) is 8.56. The Morgan fingerprint density at radius 2 is 2.33 bits per heavy atom. The van der Waals surface area contributed by atoms with Crippen LogP contribution in [0.3, 0.4) is 0 Å². The second kappa shape index (κ2) is 7.16. The summed E-state index contributed by atoms with van der Waals surface area (Å²) >= 11 is 4.91. The molecule has 0 amide bonds. The van der Waals surface area contributed by atoms with Crippen LogP contribution in [0.4, 0.5) is 0 Å². The topological polar surface area (TPSA) is 57.2 Å². The molecular weight excluding hydrogens is 248 g/mol. The summed E-state index contributed by atoms with van der Waals surface area (Å²) in [6.07, 6.45) is 3.71. The van der Waals surface area contributed by atoms with Crippen molar-refractivity contribution < 1.29 is 4.74 Å². The van der Waals surface area contributed by atoms with Crippen LogP contribution in [0.1, 0.15) is 26.7 Å². The zero-order valence-corrected chi connectivity index (χ0v) is 11.7. The van der Waals surface area contributed by atoms with E-state index in [9.17, 15) is 4.79 Å². The Morgan fingerprint density at radius 1 is 1.61 bits per heavy atom. The predicted octanol–water partition coefficient (Wildman–Crippen LogP) is 1.95. The minimum absolute atomic E-state index is 0.0106. The third kappa shape index (κ3) is 4.14. The Labute approximate surface area is 113 Å². The highest BCUT2D eigenvalue weighted by molar-refractivity contribution is 7.80. The maximum atomic E-state index is 12.1. The monoisotopic (exact) mass is 268 g/mol. The molecule has 1 heterocycles. The van der Waals surface area contributed by atoms with Crippen LogP contribution in [0.5, 0.6) is 5.75 Å². The number of ether oxygens (including phenoxy) is 1. The van der Waals surface area contributed by atoms with E-state index in [1.165, 1.54) is 0 Å². The summed E-state index contributed by atoms with van der Waals surface area (Å²) in [5.74, 6) is 0.379. The van der Waals surface area contributed by atoms with Crippen molar-refractivity contribution in [2.24, 2.45) is 11.7 Å². The highest BCUT2D eigenvalue weighted by atomic mass is 32.1. The van der Waals surface area contributed by atoms with Crippen molar-refractivity contribution in [1.82, 2.24) is 4.57 Å². The molecule has 0 spiro atoms. The smallest absolute Gasteiger partial charge is 0.292 e. The average Bonchev–Trinajstić information content (AvgIpc) is 2.33. The van der Waals surface area contributed by atoms with Crippen LogP contribution in [0.15, 0.2) is 23.1 Å². The number of thiocarbonyl (C=S) groups is 1. The second-order valence-corrected chi connectivity index (χ2v) is 4.81. The van der Waals surface area contributed by atoms with Crippen molar-refractivity contribution in [1.29, 1.82) is 0 Å². The van der Waals surface area contributed by atoms with Crippen molar-refractivity contribution >= 4 is 17.2 Å². The maximum Gasteiger partial charge on any atom is 0.292 e. The van der Waals surface area contributed by atoms with Gasteiger partial charge in [0.15, 0.2) is 5.75 Å². The molecular formula is C13H20N2O2S. The van der Waals surface area contributed by atoms with Crippen molar-refractivity contribution in [2.45, 2.75) is 33.2 Å². The van der Waals surface area contributed by atoms with E-state index in [2.05, 4.69) is 6.92 Å². The molecule has 1 rings (SSSR count). The van der Waals surface area contributed by atoms with E-state index in [-0.39, 0.29) is 11.5 Å². The Balaban J connectivity index is 2.78. The Bertz CT molecular complexity index is 457. The molecule has 0 aliphatic rings. The Kier molecular flexibility index (Phi) is 5.85. The van der Waals surface area contributed by atoms with Gasteiger partial charge in [-0.05, 0) is 18.6 Å². The van der Waals surface area contributed by atoms with E-state index >= 15 is 0 Å². The molecule has 1 aromatic heterocycles. The minimum atomic E-state index is -0.128. The molecule has 0 aliphatic heterocycles. The van der Waals surface area contributed by atoms with Gasteiger partial charge < -0.3 is 15.0 Å². The van der Waals surface area contributed by atoms with Crippen LogP contribution in [-0.4, -0.2) is 16.2 Å². The molecule has 5 heteroatoms. The van der Waals surface area contributed by atoms with Crippen LogP contribution in [0.25, 0.3) is 0 Å². The van der Waals surface area contributed by atoms with Gasteiger partial charge in [0.2, 0.25) is 0 Å². The van der Waals surface area contributed by atoms with Gasteiger partial charge in [0.05, 0.1) is 11.6 Å². The summed E-state index contributed by atoms with van der Waals surface area (Å²) in [6, 6.07) is 3.49. The fraction of sp³-hybridized carbons (Fsp3) is 0.538. The van der Waals surface area contributed by atoms with Gasteiger partial charge in [-0.15, -0.1) is 0 Å². The van der Waals surface area contributed by atoms with Crippen molar-refractivity contribution in [3.05, 3.63) is 28.7 Å². The molecule has 0 aliphatic carbocycles. The zero-order valence-electron chi connectivity index (χ0n) is 10.9. The summed E-state index contributed by atoms with van der Waals surface area (Å²) in [6.45, 7) is 5.04. The molecule has 0 saturated heterocycles. The molecule has 0 saturated carbocycles. The molecule has 0 radical (unpaired) electrons. The third-order valence-corrected chi connectivity index (χ3v) is 3.10. The number of hydrogen-bond acceptors (Lipinski definition) is 3. The van der Waals surface area contributed by atoms with Gasteiger partial charge >= 0.3 is 0 Å². The van der Waals surface area contributed by atoms with Gasteiger partial charge in [0, 0.05) is 18.7 Å². The summed E-state index contributed by atoms with van der Waals surface area (Å²) in [5.41, 5.74) is 5.43. The van der Waals surface area contributed by atoms with E-state index in [1.54, 1.807) is 22.9 Å². The van der Waals surface area contributed by atoms with Gasteiger partial charge in [0.1, 0.15) is 0 Å². The molecule has 18 heavy (non-hydrogen) atoms. The van der Waals surface area contributed by atoms with Crippen LogP contribution in [-0.2, 0) is 6.54 Å². The first-order valence-electron chi connectivity index (χ1n) is 6.17. The van der Waals surface area contributed by atoms with E-state index in [0.717, 1.165) is 12.8 Å². The molecule has 0 fully saturated rings. The minimum Gasteiger partial charge on any atom is -0.488 e. The second-order valence-electron chi connectivity index (χ2n) is 4.34. The predicted molar refractivity (Wildman–Crippen MR) is 77.1 cm³/mol. The fourth-order valence-corrected chi connectivity index (χ4v) is 1.55. The molecule has 2 N–H and O–H groups in total. The largest absolute Gasteiger partial charge is 0.488 e. The quantitative estimate of drug-likeness (QED) is 0.606. The molecule has 100 valence electrons. The van der Waals surface area contributed by atoms with Crippen molar-refractivity contribution in [3.63, 3.8) is 0 Å².